The van der Waals surface area contributed by atoms with Crippen LogP contribution in [0.3, 0.4) is 0 Å². The molecule has 0 heterocycles. The maximum absolute atomic E-state index is 11.2. The van der Waals surface area contributed by atoms with Gasteiger partial charge in [-0.2, -0.15) is 0 Å². The molecule has 1 unspecified atom stereocenters. The molecule has 0 spiro atoms. The van der Waals surface area contributed by atoms with E-state index in [1.54, 1.807) is 0 Å². The maximum Gasteiger partial charge on any atom is 0.341 e. The zero-order valence-corrected chi connectivity index (χ0v) is 8.69. The SMILES string of the molecule is C=C(C)C(=O)OC(=O)C(C)=CC(O)CO. The van der Waals surface area contributed by atoms with Gasteiger partial charge < -0.3 is 14.9 Å². The Bertz CT molecular complexity index is 303. The molecule has 84 valence electrons. The molecule has 0 radical (unpaired) electrons. The van der Waals surface area contributed by atoms with Crippen LogP contribution in [-0.2, 0) is 14.3 Å². The summed E-state index contributed by atoms with van der Waals surface area (Å²) in [6.45, 7) is 5.59. The third kappa shape index (κ3) is 5.09. The second kappa shape index (κ2) is 6.10. The van der Waals surface area contributed by atoms with Gasteiger partial charge in [-0.15, -0.1) is 0 Å². The van der Waals surface area contributed by atoms with Gasteiger partial charge in [0.1, 0.15) is 0 Å². The monoisotopic (exact) mass is 214 g/mol. The Morgan fingerprint density at radius 3 is 2.33 bits per heavy atom. The third-order valence-electron chi connectivity index (χ3n) is 1.49. The molecule has 0 fully saturated rings. The molecule has 0 amide bonds. The summed E-state index contributed by atoms with van der Waals surface area (Å²) < 4.78 is 4.38. The van der Waals surface area contributed by atoms with Gasteiger partial charge in [0.15, 0.2) is 0 Å². The molecule has 15 heavy (non-hydrogen) atoms. The quantitative estimate of drug-likeness (QED) is 0.389. The van der Waals surface area contributed by atoms with Crippen molar-refractivity contribution < 1.29 is 24.5 Å². The summed E-state index contributed by atoms with van der Waals surface area (Å²) in [6, 6.07) is 0. The first-order valence-electron chi connectivity index (χ1n) is 4.27. The summed E-state index contributed by atoms with van der Waals surface area (Å²) in [5, 5.41) is 17.5. The Kier molecular flexibility index (Phi) is 5.51. The first-order valence-corrected chi connectivity index (χ1v) is 4.27. The predicted molar refractivity (Wildman–Crippen MR) is 52.8 cm³/mol. The molecule has 0 saturated carbocycles. The molecule has 0 aromatic carbocycles. The highest BCUT2D eigenvalue weighted by Gasteiger charge is 2.13. The average molecular weight is 214 g/mol. The summed E-state index contributed by atoms with van der Waals surface area (Å²) >= 11 is 0. The summed E-state index contributed by atoms with van der Waals surface area (Å²) in [6.07, 6.45) is -0.0360. The van der Waals surface area contributed by atoms with E-state index in [1.165, 1.54) is 13.8 Å². The molecule has 0 aromatic rings. The van der Waals surface area contributed by atoms with E-state index in [9.17, 15) is 9.59 Å². The molecule has 5 heteroatoms. The number of carbonyl (C=O) groups excluding carboxylic acids is 2. The summed E-state index contributed by atoms with van der Waals surface area (Å²) in [5.74, 6) is -1.68. The van der Waals surface area contributed by atoms with E-state index in [-0.39, 0.29) is 11.1 Å². The molecule has 0 aliphatic carbocycles. The fourth-order valence-electron chi connectivity index (χ4n) is 0.661. The average Bonchev–Trinajstić information content (AvgIpc) is 2.16. The standard InChI is InChI=1S/C10H14O5/c1-6(2)9(13)15-10(14)7(3)4-8(12)5-11/h4,8,11-12H,1,5H2,2-3H3. The van der Waals surface area contributed by atoms with Crippen molar-refractivity contribution in [2.45, 2.75) is 20.0 Å². The Hall–Kier alpha value is -1.46. The van der Waals surface area contributed by atoms with E-state index in [4.69, 9.17) is 10.2 Å². The summed E-state index contributed by atoms with van der Waals surface area (Å²) in [7, 11) is 0. The number of hydrogen-bond acceptors (Lipinski definition) is 5. The molecule has 0 aliphatic rings. The van der Waals surface area contributed by atoms with E-state index in [0.29, 0.717) is 0 Å². The van der Waals surface area contributed by atoms with Gasteiger partial charge >= 0.3 is 11.9 Å². The fourth-order valence-corrected chi connectivity index (χ4v) is 0.661. The van der Waals surface area contributed by atoms with Gasteiger partial charge in [0.2, 0.25) is 0 Å². The van der Waals surface area contributed by atoms with Crippen molar-refractivity contribution >= 4 is 11.9 Å². The minimum atomic E-state index is -1.14. The van der Waals surface area contributed by atoms with Crippen molar-refractivity contribution in [2.24, 2.45) is 0 Å². The Morgan fingerprint density at radius 1 is 1.40 bits per heavy atom. The Labute approximate surface area is 87.7 Å². The molecule has 0 bridgehead atoms. The van der Waals surface area contributed by atoms with Crippen LogP contribution in [0.5, 0.6) is 0 Å². The molecule has 2 N–H and O–H groups in total. The van der Waals surface area contributed by atoms with E-state index in [2.05, 4.69) is 11.3 Å². The molecule has 0 aromatic heterocycles. The first-order chi connectivity index (χ1) is 6.88. The van der Waals surface area contributed by atoms with E-state index < -0.39 is 24.6 Å². The molecular formula is C10H14O5. The highest BCUT2D eigenvalue weighted by Crippen LogP contribution is 2.02. The van der Waals surface area contributed by atoms with Gasteiger partial charge in [0.25, 0.3) is 0 Å². The largest absolute Gasteiger partial charge is 0.393 e. The van der Waals surface area contributed by atoms with Crippen LogP contribution in [0.15, 0.2) is 23.8 Å². The minimum absolute atomic E-state index is 0.0474. The predicted octanol–water partition coefficient (Wildman–Crippen LogP) is -0.0682. The summed E-state index contributed by atoms with van der Waals surface area (Å²) in [4.78, 5) is 22.1. The lowest BCUT2D eigenvalue weighted by molar-refractivity contribution is -0.154. The summed E-state index contributed by atoms with van der Waals surface area (Å²) in [5.41, 5.74) is 0.157. The van der Waals surface area contributed by atoms with Crippen LogP contribution in [0.25, 0.3) is 0 Å². The highest BCUT2D eigenvalue weighted by molar-refractivity contribution is 6.01. The Balaban J connectivity index is 4.40. The van der Waals surface area contributed by atoms with Crippen molar-refractivity contribution in [3.63, 3.8) is 0 Å². The van der Waals surface area contributed by atoms with E-state index in [1.807, 2.05) is 0 Å². The second-order valence-corrected chi connectivity index (χ2v) is 3.06. The van der Waals surface area contributed by atoms with Crippen molar-refractivity contribution in [1.29, 1.82) is 0 Å². The van der Waals surface area contributed by atoms with Crippen LogP contribution >= 0.6 is 0 Å². The van der Waals surface area contributed by atoms with Gasteiger partial charge in [0, 0.05) is 11.1 Å². The minimum Gasteiger partial charge on any atom is -0.393 e. The first kappa shape index (κ1) is 13.5. The Morgan fingerprint density at radius 2 is 1.93 bits per heavy atom. The van der Waals surface area contributed by atoms with Crippen molar-refractivity contribution in [3.05, 3.63) is 23.8 Å². The number of aliphatic hydroxyl groups excluding tert-OH is 2. The van der Waals surface area contributed by atoms with Crippen LogP contribution in [0.2, 0.25) is 0 Å². The van der Waals surface area contributed by atoms with E-state index >= 15 is 0 Å². The van der Waals surface area contributed by atoms with Crippen LogP contribution in [-0.4, -0.2) is 34.9 Å². The third-order valence-corrected chi connectivity index (χ3v) is 1.49. The number of aliphatic hydroxyl groups is 2. The van der Waals surface area contributed by atoms with Gasteiger partial charge in [-0.05, 0) is 19.9 Å². The lowest BCUT2D eigenvalue weighted by Crippen LogP contribution is -2.16. The van der Waals surface area contributed by atoms with Crippen LogP contribution in [0.4, 0.5) is 0 Å². The van der Waals surface area contributed by atoms with Crippen LogP contribution in [0.1, 0.15) is 13.8 Å². The molecule has 0 saturated heterocycles. The van der Waals surface area contributed by atoms with Crippen molar-refractivity contribution in [2.75, 3.05) is 6.61 Å². The maximum atomic E-state index is 11.2. The zero-order valence-electron chi connectivity index (χ0n) is 8.69. The number of rotatable bonds is 4. The van der Waals surface area contributed by atoms with Crippen molar-refractivity contribution in [3.8, 4) is 0 Å². The highest BCUT2D eigenvalue weighted by atomic mass is 16.6. The number of ether oxygens (including phenoxy) is 1. The lowest BCUT2D eigenvalue weighted by atomic mass is 10.2. The van der Waals surface area contributed by atoms with Gasteiger partial charge in [-0.25, -0.2) is 9.59 Å². The molecule has 5 nitrogen and oxygen atoms in total. The number of carbonyl (C=O) groups is 2. The van der Waals surface area contributed by atoms with Gasteiger partial charge in [-0.1, -0.05) is 6.58 Å². The second-order valence-electron chi connectivity index (χ2n) is 3.06. The van der Waals surface area contributed by atoms with Gasteiger partial charge in [0.05, 0.1) is 12.7 Å². The number of hydrogen-bond donors (Lipinski definition) is 2. The topological polar surface area (TPSA) is 83.8 Å². The molecule has 1 atom stereocenters. The molecule has 0 aliphatic heterocycles. The number of esters is 2. The smallest absolute Gasteiger partial charge is 0.341 e. The molecule has 0 rings (SSSR count). The van der Waals surface area contributed by atoms with Crippen molar-refractivity contribution in [1.82, 2.24) is 0 Å². The van der Waals surface area contributed by atoms with E-state index in [0.717, 1.165) is 6.08 Å². The van der Waals surface area contributed by atoms with Gasteiger partial charge in [-0.3, -0.25) is 0 Å². The van der Waals surface area contributed by atoms with Crippen LogP contribution < -0.4 is 0 Å². The fraction of sp³-hybridized carbons (Fsp3) is 0.400. The zero-order chi connectivity index (χ0) is 12.0. The normalized spacial score (nSPS) is 13.2. The lowest BCUT2D eigenvalue weighted by Gasteiger charge is -2.04. The van der Waals surface area contributed by atoms with Crippen LogP contribution in [0, 0.1) is 0 Å². The molecular weight excluding hydrogens is 200 g/mol.